The Morgan fingerprint density at radius 1 is 1.33 bits per heavy atom. The fraction of sp³-hybridized carbons (Fsp3) is 0.818. The molecule has 21 heavy (non-hydrogen) atoms. The summed E-state index contributed by atoms with van der Waals surface area (Å²) in [5.41, 5.74) is -1.29. The fourth-order valence-corrected chi connectivity index (χ4v) is 2.60. The molecule has 2 rings (SSSR count). The van der Waals surface area contributed by atoms with E-state index in [1.807, 2.05) is 0 Å². The van der Waals surface area contributed by atoms with Gasteiger partial charge in [-0.15, -0.1) is 5.10 Å². The van der Waals surface area contributed by atoms with Crippen LogP contribution in [0.2, 0.25) is 0 Å². The zero-order valence-corrected chi connectivity index (χ0v) is 11.0. The van der Waals surface area contributed by atoms with E-state index in [0.29, 0.717) is 17.5 Å². The summed E-state index contributed by atoms with van der Waals surface area (Å²) in [5.74, 6) is -6.97. The summed E-state index contributed by atoms with van der Waals surface area (Å²) in [6.07, 6.45) is -1.28. The predicted octanol–water partition coefficient (Wildman–Crippen LogP) is 2.07. The SMILES string of the molecule is O=C(O)C1(Cn2nnnc2C(F)(F)C(F)F)CCCCC1. The normalized spacial score (nSPS) is 18.9. The zero-order chi connectivity index (χ0) is 15.7. The summed E-state index contributed by atoms with van der Waals surface area (Å²) in [5, 5.41) is 18.6. The van der Waals surface area contributed by atoms with Crippen LogP contribution in [0.15, 0.2) is 0 Å². The van der Waals surface area contributed by atoms with Crippen LogP contribution in [0.5, 0.6) is 0 Å². The van der Waals surface area contributed by atoms with Crippen LogP contribution in [0.1, 0.15) is 37.9 Å². The number of rotatable bonds is 5. The van der Waals surface area contributed by atoms with Crippen molar-refractivity contribution in [3.8, 4) is 0 Å². The van der Waals surface area contributed by atoms with E-state index in [1.165, 1.54) is 0 Å². The van der Waals surface area contributed by atoms with Crippen molar-refractivity contribution in [1.82, 2.24) is 20.2 Å². The minimum absolute atomic E-state index is 0.280. The van der Waals surface area contributed by atoms with Crippen LogP contribution in [-0.2, 0) is 17.3 Å². The first-order valence-electron chi connectivity index (χ1n) is 6.45. The van der Waals surface area contributed by atoms with Gasteiger partial charge in [-0.1, -0.05) is 19.3 Å². The van der Waals surface area contributed by atoms with E-state index in [1.54, 1.807) is 0 Å². The predicted molar refractivity (Wildman–Crippen MR) is 60.9 cm³/mol. The molecule has 1 N–H and O–H groups in total. The van der Waals surface area contributed by atoms with E-state index < -0.39 is 36.1 Å². The van der Waals surface area contributed by atoms with Crippen LogP contribution in [-0.4, -0.2) is 37.7 Å². The molecule has 0 unspecified atom stereocenters. The number of carboxylic acids is 1. The Hall–Kier alpha value is -1.74. The van der Waals surface area contributed by atoms with Crippen LogP contribution in [0, 0.1) is 5.41 Å². The van der Waals surface area contributed by atoms with Gasteiger partial charge in [0.1, 0.15) is 0 Å². The molecule has 6 nitrogen and oxygen atoms in total. The van der Waals surface area contributed by atoms with Gasteiger partial charge in [-0.05, 0) is 23.3 Å². The minimum Gasteiger partial charge on any atom is -0.481 e. The third-order valence-electron chi connectivity index (χ3n) is 3.82. The Kier molecular flexibility index (Phi) is 4.15. The van der Waals surface area contributed by atoms with E-state index in [4.69, 9.17) is 0 Å². The van der Waals surface area contributed by atoms with E-state index in [2.05, 4.69) is 15.5 Å². The Labute approximate surface area is 117 Å². The maximum atomic E-state index is 13.4. The maximum absolute atomic E-state index is 13.4. The molecule has 1 aliphatic rings. The average Bonchev–Trinajstić information content (AvgIpc) is 2.88. The highest BCUT2D eigenvalue weighted by Crippen LogP contribution is 2.40. The van der Waals surface area contributed by atoms with Crippen LogP contribution >= 0.6 is 0 Å². The lowest BCUT2D eigenvalue weighted by molar-refractivity contribution is -0.154. The maximum Gasteiger partial charge on any atom is 0.367 e. The molecule has 0 saturated heterocycles. The van der Waals surface area contributed by atoms with Gasteiger partial charge in [0.05, 0.1) is 12.0 Å². The van der Waals surface area contributed by atoms with E-state index >= 15 is 0 Å². The summed E-state index contributed by atoms with van der Waals surface area (Å²) in [4.78, 5) is 11.5. The van der Waals surface area contributed by atoms with Gasteiger partial charge in [-0.2, -0.15) is 8.78 Å². The summed E-state index contributed by atoms with van der Waals surface area (Å²) in [6, 6.07) is 0. The Morgan fingerprint density at radius 2 is 1.95 bits per heavy atom. The van der Waals surface area contributed by atoms with Crippen LogP contribution in [0.3, 0.4) is 0 Å². The molecule has 0 aromatic carbocycles. The Balaban J connectivity index is 2.31. The number of aromatic nitrogens is 4. The van der Waals surface area contributed by atoms with Crippen molar-refractivity contribution in [2.24, 2.45) is 5.41 Å². The first-order valence-corrected chi connectivity index (χ1v) is 6.45. The highest BCUT2D eigenvalue weighted by Gasteiger charge is 2.50. The molecule has 0 radical (unpaired) electrons. The zero-order valence-electron chi connectivity index (χ0n) is 11.0. The van der Waals surface area contributed by atoms with Gasteiger partial charge in [0.15, 0.2) is 0 Å². The standard InChI is InChI=1S/C11H14F4N4O2/c12-7(13)11(14,15)8-16-17-18-19(8)6-10(9(20)21)4-2-1-3-5-10/h7H,1-6H2,(H,20,21). The van der Waals surface area contributed by atoms with Crippen molar-refractivity contribution in [2.75, 3.05) is 0 Å². The molecule has 118 valence electrons. The Bertz CT molecular complexity index is 514. The highest BCUT2D eigenvalue weighted by atomic mass is 19.3. The number of carbonyl (C=O) groups is 1. The van der Waals surface area contributed by atoms with Crippen molar-refractivity contribution in [1.29, 1.82) is 0 Å². The summed E-state index contributed by atoms with van der Waals surface area (Å²) in [6.45, 7) is -0.438. The molecule has 1 aliphatic carbocycles. The molecule has 0 amide bonds. The second kappa shape index (κ2) is 5.57. The first-order chi connectivity index (χ1) is 9.79. The molecule has 1 fully saturated rings. The molecule has 1 aromatic heterocycles. The van der Waals surface area contributed by atoms with Gasteiger partial charge in [0.2, 0.25) is 5.82 Å². The number of nitrogens with zero attached hydrogens (tertiary/aromatic N) is 4. The molecule has 10 heteroatoms. The van der Waals surface area contributed by atoms with Crippen LogP contribution in [0.25, 0.3) is 0 Å². The number of carboxylic acid groups (broad SMARTS) is 1. The second-order valence-electron chi connectivity index (χ2n) is 5.23. The molecule has 0 spiro atoms. The van der Waals surface area contributed by atoms with Crippen LogP contribution < -0.4 is 0 Å². The average molecular weight is 310 g/mol. The van der Waals surface area contributed by atoms with Gasteiger partial charge >= 0.3 is 18.3 Å². The lowest BCUT2D eigenvalue weighted by Gasteiger charge is -2.33. The van der Waals surface area contributed by atoms with Gasteiger partial charge < -0.3 is 5.11 Å². The number of halogens is 4. The van der Waals surface area contributed by atoms with Crippen molar-refractivity contribution < 1.29 is 27.5 Å². The number of hydrogen-bond acceptors (Lipinski definition) is 4. The largest absolute Gasteiger partial charge is 0.481 e. The monoisotopic (exact) mass is 310 g/mol. The number of tetrazole rings is 1. The minimum atomic E-state index is -4.52. The van der Waals surface area contributed by atoms with Crippen LogP contribution in [0.4, 0.5) is 17.6 Å². The smallest absolute Gasteiger partial charge is 0.367 e. The van der Waals surface area contributed by atoms with Gasteiger partial charge in [0.25, 0.3) is 0 Å². The van der Waals surface area contributed by atoms with Gasteiger partial charge in [0, 0.05) is 0 Å². The summed E-state index contributed by atoms with van der Waals surface area (Å²) in [7, 11) is 0. The molecular weight excluding hydrogens is 296 g/mol. The third kappa shape index (κ3) is 2.84. The first kappa shape index (κ1) is 15.6. The second-order valence-corrected chi connectivity index (χ2v) is 5.23. The van der Waals surface area contributed by atoms with Crippen molar-refractivity contribution >= 4 is 5.97 Å². The van der Waals surface area contributed by atoms with Gasteiger partial charge in [-0.25, -0.2) is 13.5 Å². The van der Waals surface area contributed by atoms with Crippen molar-refractivity contribution in [3.05, 3.63) is 5.82 Å². The third-order valence-corrected chi connectivity index (χ3v) is 3.82. The van der Waals surface area contributed by atoms with E-state index in [0.717, 1.165) is 6.42 Å². The lowest BCUT2D eigenvalue weighted by atomic mass is 9.74. The quantitative estimate of drug-likeness (QED) is 0.842. The summed E-state index contributed by atoms with van der Waals surface area (Å²) < 4.78 is 52.1. The molecular formula is C11H14F4N4O2. The lowest BCUT2D eigenvalue weighted by Crippen LogP contribution is -2.40. The molecule has 0 aliphatic heterocycles. The Morgan fingerprint density at radius 3 is 2.48 bits per heavy atom. The molecule has 0 bridgehead atoms. The van der Waals surface area contributed by atoms with Crippen molar-refractivity contribution in [3.63, 3.8) is 0 Å². The molecule has 1 aromatic rings. The molecule has 1 heterocycles. The highest BCUT2D eigenvalue weighted by molar-refractivity contribution is 5.74. The molecule has 0 atom stereocenters. The fourth-order valence-electron chi connectivity index (χ4n) is 2.60. The number of alkyl halides is 4. The topological polar surface area (TPSA) is 80.9 Å². The van der Waals surface area contributed by atoms with E-state index in [-0.39, 0.29) is 12.8 Å². The van der Waals surface area contributed by atoms with E-state index in [9.17, 15) is 27.5 Å². The molecule has 1 saturated carbocycles. The number of aliphatic carboxylic acids is 1. The van der Waals surface area contributed by atoms with Crippen molar-refractivity contribution in [2.45, 2.75) is 51.0 Å². The summed E-state index contributed by atoms with van der Waals surface area (Å²) >= 11 is 0. The number of hydrogen-bond donors (Lipinski definition) is 1. The van der Waals surface area contributed by atoms with Gasteiger partial charge in [-0.3, -0.25) is 4.79 Å².